The third-order valence-electron chi connectivity index (χ3n) is 5.65. The number of hydrogen-bond acceptors (Lipinski definition) is 7. The van der Waals surface area contributed by atoms with Gasteiger partial charge in [-0.15, -0.1) is 0 Å². The van der Waals surface area contributed by atoms with E-state index in [0.717, 1.165) is 15.1 Å². The van der Waals surface area contributed by atoms with Crippen molar-refractivity contribution in [3.63, 3.8) is 0 Å². The molecule has 0 aliphatic heterocycles. The summed E-state index contributed by atoms with van der Waals surface area (Å²) in [5.41, 5.74) is 2.21. The van der Waals surface area contributed by atoms with Crippen LogP contribution in [0.4, 0.5) is 16.2 Å². The molecule has 0 fully saturated rings. The van der Waals surface area contributed by atoms with Gasteiger partial charge >= 0.3 is 6.09 Å². The van der Waals surface area contributed by atoms with Crippen molar-refractivity contribution in [2.45, 2.75) is 31.3 Å². The minimum absolute atomic E-state index is 0.112. The number of carbonyl (C=O) groups excluding carboxylic acids is 2. The van der Waals surface area contributed by atoms with Gasteiger partial charge in [-0.25, -0.2) is 22.2 Å². The van der Waals surface area contributed by atoms with Gasteiger partial charge in [-0.1, -0.05) is 24.3 Å². The van der Waals surface area contributed by atoms with Gasteiger partial charge < -0.3 is 14.8 Å². The molecule has 4 rings (SSSR count). The summed E-state index contributed by atoms with van der Waals surface area (Å²) < 4.78 is 37.7. The molecule has 212 valence electrons. The second kappa shape index (κ2) is 12.1. The van der Waals surface area contributed by atoms with Crippen LogP contribution in [0.2, 0.25) is 0 Å². The van der Waals surface area contributed by atoms with E-state index in [2.05, 4.69) is 15.6 Å². The Balaban J connectivity index is 1.42. The van der Waals surface area contributed by atoms with Gasteiger partial charge in [-0.2, -0.15) is 0 Å². The summed E-state index contributed by atoms with van der Waals surface area (Å²) in [6.07, 6.45) is 6.59. The number of pyridine rings is 1. The minimum atomic E-state index is -3.85. The van der Waals surface area contributed by atoms with Crippen LogP contribution in [-0.2, 0) is 19.6 Å². The fraction of sp³-hybridized carbons (Fsp3) is 0.167. The van der Waals surface area contributed by atoms with Crippen LogP contribution in [0.5, 0.6) is 5.88 Å². The molecule has 0 radical (unpaired) electrons. The van der Waals surface area contributed by atoms with Crippen molar-refractivity contribution in [2.24, 2.45) is 0 Å². The molecule has 0 aliphatic rings. The zero-order valence-corrected chi connectivity index (χ0v) is 23.8. The average Bonchev–Trinajstić information content (AvgIpc) is 3.42. The highest BCUT2D eigenvalue weighted by Gasteiger charge is 2.18. The van der Waals surface area contributed by atoms with Crippen LogP contribution in [0, 0.1) is 0 Å². The Morgan fingerprint density at radius 3 is 2.17 bits per heavy atom. The van der Waals surface area contributed by atoms with E-state index in [1.807, 2.05) is 6.07 Å². The van der Waals surface area contributed by atoms with Crippen LogP contribution in [0.25, 0.3) is 17.2 Å². The number of anilines is 2. The maximum atomic E-state index is 13.2. The largest absolute Gasteiger partial charge is 0.481 e. The summed E-state index contributed by atoms with van der Waals surface area (Å²) >= 11 is 0. The maximum absolute atomic E-state index is 13.2. The third kappa shape index (κ3) is 7.61. The lowest BCUT2D eigenvalue weighted by Crippen LogP contribution is -2.27. The second-order valence-electron chi connectivity index (χ2n) is 9.89. The SMILES string of the molecule is COc1ccc(-c2ccc(S(=O)(=O)n3ccc(C=CC(=O)Nc4ccccc4NC(=O)OC(C)(C)C)c3)cc2)cn1. The highest BCUT2D eigenvalue weighted by atomic mass is 32.2. The quantitative estimate of drug-likeness (QED) is 0.255. The van der Waals surface area contributed by atoms with Crippen molar-refractivity contribution in [3.05, 3.63) is 97.0 Å². The summed E-state index contributed by atoms with van der Waals surface area (Å²) in [6.45, 7) is 5.25. The first-order chi connectivity index (χ1) is 19.4. The molecule has 0 bridgehead atoms. The van der Waals surface area contributed by atoms with E-state index in [9.17, 15) is 18.0 Å². The first-order valence-electron chi connectivity index (χ1n) is 12.6. The summed E-state index contributed by atoms with van der Waals surface area (Å²) in [7, 11) is -2.32. The molecule has 41 heavy (non-hydrogen) atoms. The molecular formula is C30H30N4O6S. The molecule has 0 saturated carbocycles. The van der Waals surface area contributed by atoms with Crippen molar-refractivity contribution >= 4 is 39.5 Å². The first kappa shape index (κ1) is 29.1. The molecule has 0 unspecified atom stereocenters. The van der Waals surface area contributed by atoms with Crippen LogP contribution < -0.4 is 15.4 Å². The standard InChI is InChI=1S/C30H30N4O6S/c1-30(2,3)40-29(36)33-26-8-6-5-7-25(26)32-27(35)15-9-21-17-18-34(20-21)41(37,38)24-13-10-22(11-14-24)23-12-16-28(39-4)31-19-23/h5-20H,1-4H3,(H,32,35)(H,33,36). The number of para-hydroxylation sites is 2. The molecule has 11 heteroatoms. The predicted molar refractivity (Wildman–Crippen MR) is 157 cm³/mol. The number of rotatable bonds is 8. The number of hydrogen-bond donors (Lipinski definition) is 2. The predicted octanol–water partition coefficient (Wildman–Crippen LogP) is 5.79. The zero-order chi connectivity index (χ0) is 29.6. The van der Waals surface area contributed by atoms with Gasteiger partial charge in [0.1, 0.15) is 5.60 Å². The summed E-state index contributed by atoms with van der Waals surface area (Å²) in [5, 5.41) is 5.33. The van der Waals surface area contributed by atoms with E-state index in [4.69, 9.17) is 9.47 Å². The summed E-state index contributed by atoms with van der Waals surface area (Å²) in [6, 6.07) is 18.3. The smallest absolute Gasteiger partial charge is 0.412 e. The van der Waals surface area contributed by atoms with E-state index in [0.29, 0.717) is 22.8 Å². The molecule has 2 N–H and O–H groups in total. The monoisotopic (exact) mass is 574 g/mol. The number of benzene rings is 2. The van der Waals surface area contributed by atoms with Crippen molar-refractivity contribution in [2.75, 3.05) is 17.7 Å². The molecule has 10 nitrogen and oxygen atoms in total. The Morgan fingerprint density at radius 2 is 1.56 bits per heavy atom. The number of nitrogens with one attached hydrogen (secondary N) is 2. The number of amides is 2. The molecule has 2 amide bonds. The molecule has 2 aromatic carbocycles. The van der Waals surface area contributed by atoms with E-state index in [1.54, 1.807) is 75.5 Å². The Morgan fingerprint density at radius 1 is 0.902 bits per heavy atom. The van der Waals surface area contributed by atoms with Crippen molar-refractivity contribution < 1.29 is 27.5 Å². The Bertz CT molecular complexity index is 1670. The van der Waals surface area contributed by atoms with Crippen LogP contribution in [0.15, 0.2) is 96.3 Å². The van der Waals surface area contributed by atoms with Gasteiger partial charge in [0, 0.05) is 36.3 Å². The molecular weight excluding hydrogens is 544 g/mol. The van der Waals surface area contributed by atoms with Crippen molar-refractivity contribution in [1.29, 1.82) is 0 Å². The maximum Gasteiger partial charge on any atom is 0.412 e. The second-order valence-corrected chi connectivity index (χ2v) is 11.7. The van der Waals surface area contributed by atoms with Gasteiger partial charge in [-0.3, -0.25) is 10.1 Å². The molecule has 2 aromatic heterocycles. The van der Waals surface area contributed by atoms with Gasteiger partial charge in [-0.05, 0) is 74.4 Å². The minimum Gasteiger partial charge on any atom is -0.481 e. The molecule has 2 heterocycles. The molecule has 0 spiro atoms. The lowest BCUT2D eigenvalue weighted by Gasteiger charge is -2.20. The number of aromatic nitrogens is 2. The summed E-state index contributed by atoms with van der Waals surface area (Å²) in [5.74, 6) is 0.0190. The number of nitrogens with zero attached hydrogens (tertiary/aromatic N) is 2. The van der Waals surface area contributed by atoms with Crippen LogP contribution >= 0.6 is 0 Å². The molecule has 0 atom stereocenters. The highest BCUT2D eigenvalue weighted by Crippen LogP contribution is 2.24. The molecule has 0 saturated heterocycles. The van der Waals surface area contributed by atoms with Crippen LogP contribution in [0.3, 0.4) is 0 Å². The first-order valence-corrected chi connectivity index (χ1v) is 14.0. The molecule has 0 aliphatic carbocycles. The van der Waals surface area contributed by atoms with Gasteiger partial charge in [0.2, 0.25) is 11.8 Å². The van der Waals surface area contributed by atoms with Crippen LogP contribution in [-0.4, -0.2) is 42.1 Å². The molecule has 4 aromatic rings. The fourth-order valence-electron chi connectivity index (χ4n) is 3.71. The average molecular weight is 575 g/mol. The number of ether oxygens (including phenoxy) is 2. The van der Waals surface area contributed by atoms with Gasteiger partial charge in [0.25, 0.3) is 10.0 Å². The highest BCUT2D eigenvalue weighted by molar-refractivity contribution is 7.90. The Hall–Kier alpha value is -4.90. The van der Waals surface area contributed by atoms with E-state index in [1.165, 1.54) is 43.8 Å². The number of methoxy groups -OCH3 is 1. The summed E-state index contributed by atoms with van der Waals surface area (Å²) in [4.78, 5) is 29.0. The van der Waals surface area contributed by atoms with Gasteiger partial charge in [0.15, 0.2) is 0 Å². The van der Waals surface area contributed by atoms with Crippen molar-refractivity contribution in [1.82, 2.24) is 8.96 Å². The Kier molecular flexibility index (Phi) is 8.58. The Labute approximate surface area is 238 Å². The third-order valence-corrected chi connectivity index (χ3v) is 7.30. The topological polar surface area (TPSA) is 129 Å². The van der Waals surface area contributed by atoms with Gasteiger partial charge in [0.05, 0.1) is 23.4 Å². The lowest BCUT2D eigenvalue weighted by atomic mass is 10.1. The number of carbonyl (C=O) groups is 2. The fourth-order valence-corrected chi connectivity index (χ4v) is 4.92. The van der Waals surface area contributed by atoms with E-state index in [-0.39, 0.29) is 4.90 Å². The van der Waals surface area contributed by atoms with E-state index >= 15 is 0 Å². The normalized spacial score (nSPS) is 11.7. The zero-order valence-electron chi connectivity index (χ0n) is 23.0. The van der Waals surface area contributed by atoms with Crippen molar-refractivity contribution in [3.8, 4) is 17.0 Å². The van der Waals surface area contributed by atoms with Crippen LogP contribution in [0.1, 0.15) is 26.3 Å². The lowest BCUT2D eigenvalue weighted by molar-refractivity contribution is -0.111. The van der Waals surface area contributed by atoms with E-state index < -0.39 is 27.6 Å².